The summed E-state index contributed by atoms with van der Waals surface area (Å²) in [6, 6.07) is 28.1. The summed E-state index contributed by atoms with van der Waals surface area (Å²) in [6.07, 6.45) is 4.03. The van der Waals surface area contributed by atoms with Crippen molar-refractivity contribution in [1.82, 2.24) is 19.9 Å². The van der Waals surface area contributed by atoms with Crippen LogP contribution in [-0.2, 0) is 6.42 Å². The van der Waals surface area contributed by atoms with E-state index in [0.29, 0.717) is 23.9 Å². The van der Waals surface area contributed by atoms with Gasteiger partial charge in [-0.1, -0.05) is 66.7 Å². The fourth-order valence-electron chi connectivity index (χ4n) is 3.58. The molecule has 4 nitrogen and oxygen atoms in total. The normalized spacial score (nSPS) is 10.8. The van der Waals surface area contributed by atoms with Crippen LogP contribution in [0.2, 0.25) is 0 Å². The molecule has 0 aliphatic carbocycles. The third-order valence-electron chi connectivity index (χ3n) is 5.12. The third-order valence-corrected chi connectivity index (χ3v) is 5.12. The second kappa shape index (κ2) is 8.86. The molecule has 2 aromatic heterocycles. The topological polar surface area (TPSA) is 51.6 Å². The highest BCUT2D eigenvalue weighted by atomic mass is 19.1. The van der Waals surface area contributed by atoms with Crippen molar-refractivity contribution in [3.8, 4) is 34.2 Å². The Kier molecular flexibility index (Phi) is 5.45. The summed E-state index contributed by atoms with van der Waals surface area (Å²) in [6.45, 7) is 0. The summed E-state index contributed by atoms with van der Waals surface area (Å²) in [5.41, 5.74) is 4.34. The predicted molar refractivity (Wildman–Crippen MR) is 123 cm³/mol. The molecule has 0 bridgehead atoms. The van der Waals surface area contributed by atoms with Crippen LogP contribution in [0.15, 0.2) is 103 Å². The maximum absolute atomic E-state index is 14.2. The smallest absolute Gasteiger partial charge is 0.164 e. The summed E-state index contributed by atoms with van der Waals surface area (Å²) >= 11 is 0. The molecule has 0 saturated carbocycles. The largest absolute Gasteiger partial charge is 0.264 e. The maximum Gasteiger partial charge on any atom is 0.164 e. The number of nitrogens with zero attached hydrogens (tertiary/aromatic N) is 4. The van der Waals surface area contributed by atoms with Gasteiger partial charge in [-0.05, 0) is 41.8 Å². The van der Waals surface area contributed by atoms with Gasteiger partial charge >= 0.3 is 0 Å². The number of hydrogen-bond acceptors (Lipinski definition) is 4. The number of rotatable bonds is 5. The summed E-state index contributed by atoms with van der Waals surface area (Å²) in [7, 11) is 0. The van der Waals surface area contributed by atoms with Crippen LogP contribution in [0.3, 0.4) is 0 Å². The standard InChI is InChI=1S/C27H19FN4/c28-23-13-14-24(22(17-23)16-19-8-7-15-29-18-19)27-31-25(20-9-3-1-4-10-20)30-26(32-27)21-11-5-2-6-12-21/h1-15,17-18H,16H2. The SMILES string of the molecule is Fc1ccc(-c2nc(-c3ccccc3)nc(-c3ccccc3)n2)c(Cc2cccnc2)c1. The van der Waals surface area contributed by atoms with Gasteiger partial charge in [-0.3, -0.25) is 4.98 Å². The Morgan fingerprint density at radius 3 is 1.84 bits per heavy atom. The summed E-state index contributed by atoms with van der Waals surface area (Å²) in [4.78, 5) is 18.4. The maximum atomic E-state index is 14.2. The number of hydrogen-bond donors (Lipinski definition) is 0. The first-order chi connectivity index (χ1) is 15.8. The van der Waals surface area contributed by atoms with Gasteiger partial charge in [-0.2, -0.15) is 0 Å². The van der Waals surface area contributed by atoms with E-state index in [1.165, 1.54) is 12.1 Å². The lowest BCUT2D eigenvalue weighted by Crippen LogP contribution is -2.02. The van der Waals surface area contributed by atoms with Gasteiger partial charge in [0.25, 0.3) is 0 Å². The third kappa shape index (κ3) is 4.27. The molecular formula is C27H19FN4. The van der Waals surface area contributed by atoms with Gasteiger partial charge in [0.2, 0.25) is 0 Å². The van der Waals surface area contributed by atoms with Crippen molar-refractivity contribution in [3.05, 3.63) is 120 Å². The molecule has 5 aromatic rings. The monoisotopic (exact) mass is 418 g/mol. The quantitative estimate of drug-likeness (QED) is 0.351. The molecule has 3 aromatic carbocycles. The molecular weight excluding hydrogens is 399 g/mol. The van der Waals surface area contributed by atoms with Gasteiger partial charge in [0.15, 0.2) is 17.5 Å². The van der Waals surface area contributed by atoms with Crippen molar-refractivity contribution in [1.29, 1.82) is 0 Å². The zero-order valence-corrected chi connectivity index (χ0v) is 17.2. The summed E-state index contributed by atoms with van der Waals surface area (Å²) in [5, 5.41) is 0. The molecule has 0 unspecified atom stereocenters. The van der Waals surface area contributed by atoms with Crippen molar-refractivity contribution in [3.63, 3.8) is 0 Å². The number of pyridine rings is 1. The van der Waals surface area contributed by atoms with Gasteiger partial charge in [-0.15, -0.1) is 0 Å². The van der Waals surface area contributed by atoms with Crippen LogP contribution < -0.4 is 0 Å². The van der Waals surface area contributed by atoms with Gasteiger partial charge < -0.3 is 0 Å². The van der Waals surface area contributed by atoms with Crippen LogP contribution in [0.1, 0.15) is 11.1 Å². The number of aromatic nitrogens is 4. The van der Waals surface area contributed by atoms with Crippen molar-refractivity contribution < 1.29 is 4.39 Å². The molecule has 0 aliphatic rings. The Hall–Kier alpha value is -4.25. The van der Waals surface area contributed by atoms with E-state index in [1.54, 1.807) is 18.5 Å². The minimum absolute atomic E-state index is 0.298. The average Bonchev–Trinajstić information content (AvgIpc) is 2.86. The van der Waals surface area contributed by atoms with Crippen LogP contribution in [-0.4, -0.2) is 19.9 Å². The molecule has 0 fully saturated rings. The van der Waals surface area contributed by atoms with Crippen LogP contribution >= 0.6 is 0 Å². The van der Waals surface area contributed by atoms with E-state index in [9.17, 15) is 4.39 Å². The lowest BCUT2D eigenvalue weighted by molar-refractivity contribution is 0.626. The summed E-state index contributed by atoms with van der Waals surface area (Å²) in [5.74, 6) is 1.36. The molecule has 0 spiro atoms. The first kappa shape index (κ1) is 19.7. The van der Waals surface area contributed by atoms with E-state index in [-0.39, 0.29) is 5.82 Å². The zero-order chi connectivity index (χ0) is 21.8. The van der Waals surface area contributed by atoms with Crippen LogP contribution in [0.5, 0.6) is 0 Å². The Morgan fingerprint density at radius 2 is 1.25 bits per heavy atom. The van der Waals surface area contributed by atoms with Gasteiger partial charge in [0.05, 0.1) is 0 Å². The van der Waals surface area contributed by atoms with Crippen molar-refractivity contribution in [2.45, 2.75) is 6.42 Å². The van der Waals surface area contributed by atoms with Crippen LogP contribution in [0.25, 0.3) is 34.2 Å². The van der Waals surface area contributed by atoms with E-state index in [1.807, 2.05) is 72.8 Å². The van der Waals surface area contributed by atoms with E-state index in [0.717, 1.165) is 27.8 Å². The van der Waals surface area contributed by atoms with Crippen molar-refractivity contribution in [2.75, 3.05) is 0 Å². The molecule has 0 radical (unpaired) electrons. The highest BCUT2D eigenvalue weighted by molar-refractivity contribution is 5.68. The Balaban J connectivity index is 1.68. The second-order valence-electron chi connectivity index (χ2n) is 7.38. The van der Waals surface area contributed by atoms with Gasteiger partial charge in [-0.25, -0.2) is 19.3 Å². The molecule has 32 heavy (non-hydrogen) atoms. The van der Waals surface area contributed by atoms with Crippen molar-refractivity contribution in [2.24, 2.45) is 0 Å². The van der Waals surface area contributed by atoms with E-state index < -0.39 is 0 Å². The average molecular weight is 418 g/mol. The number of benzene rings is 3. The Bertz CT molecular complexity index is 1280. The van der Waals surface area contributed by atoms with Gasteiger partial charge in [0, 0.05) is 29.1 Å². The lowest BCUT2D eigenvalue weighted by atomic mass is 10.00. The fourth-order valence-corrected chi connectivity index (χ4v) is 3.58. The molecule has 0 saturated heterocycles. The molecule has 0 aliphatic heterocycles. The minimum atomic E-state index is -0.298. The van der Waals surface area contributed by atoms with Crippen molar-refractivity contribution >= 4 is 0 Å². The zero-order valence-electron chi connectivity index (χ0n) is 17.2. The first-order valence-electron chi connectivity index (χ1n) is 10.3. The Morgan fingerprint density at radius 1 is 0.625 bits per heavy atom. The minimum Gasteiger partial charge on any atom is -0.264 e. The van der Waals surface area contributed by atoms with E-state index >= 15 is 0 Å². The van der Waals surface area contributed by atoms with Crippen LogP contribution in [0, 0.1) is 5.82 Å². The second-order valence-corrected chi connectivity index (χ2v) is 7.38. The van der Waals surface area contributed by atoms with E-state index in [2.05, 4.69) is 4.98 Å². The molecule has 154 valence electrons. The van der Waals surface area contributed by atoms with E-state index in [4.69, 9.17) is 15.0 Å². The molecule has 0 N–H and O–H groups in total. The Labute approximate surface area is 185 Å². The highest BCUT2D eigenvalue weighted by Gasteiger charge is 2.15. The highest BCUT2D eigenvalue weighted by Crippen LogP contribution is 2.28. The lowest BCUT2D eigenvalue weighted by Gasteiger charge is -2.12. The first-order valence-corrected chi connectivity index (χ1v) is 10.3. The molecule has 5 rings (SSSR count). The molecule has 0 atom stereocenters. The fraction of sp³-hybridized carbons (Fsp3) is 0.0370. The number of halogens is 1. The molecule has 2 heterocycles. The van der Waals surface area contributed by atoms with Gasteiger partial charge in [0.1, 0.15) is 5.82 Å². The summed E-state index contributed by atoms with van der Waals surface area (Å²) < 4.78 is 14.2. The van der Waals surface area contributed by atoms with Crippen LogP contribution in [0.4, 0.5) is 4.39 Å². The molecule has 0 amide bonds. The predicted octanol–water partition coefficient (Wildman–Crippen LogP) is 6.00. The molecule has 5 heteroatoms.